The van der Waals surface area contributed by atoms with Crippen LogP contribution in [-0.2, 0) is 11.4 Å². The van der Waals surface area contributed by atoms with Crippen molar-refractivity contribution in [2.24, 2.45) is 0 Å². The van der Waals surface area contributed by atoms with Crippen molar-refractivity contribution in [3.05, 3.63) is 91.5 Å². The van der Waals surface area contributed by atoms with Gasteiger partial charge < -0.3 is 9.47 Å². The topological polar surface area (TPSA) is 38.8 Å². The number of carbonyl (C=O) groups is 1. The summed E-state index contributed by atoms with van der Waals surface area (Å²) in [6.07, 6.45) is 1.67. The monoisotopic (exact) mass is 567 g/mol. The van der Waals surface area contributed by atoms with Gasteiger partial charge in [0.05, 0.1) is 27.2 Å². The summed E-state index contributed by atoms with van der Waals surface area (Å²) >= 11 is 24.9. The number of carbonyl (C=O) groups excluding carboxylic acids is 1. The molecule has 1 heterocycles. The minimum Gasteiger partial charge on any atom is -0.490 e. The fourth-order valence-electron chi connectivity index (χ4n) is 3.28. The van der Waals surface area contributed by atoms with Gasteiger partial charge in [-0.2, -0.15) is 0 Å². The van der Waals surface area contributed by atoms with E-state index in [0.717, 1.165) is 17.3 Å². The first kappa shape index (κ1) is 25.8. The van der Waals surface area contributed by atoms with E-state index in [1.807, 2.05) is 19.1 Å². The molecule has 1 amide bonds. The summed E-state index contributed by atoms with van der Waals surface area (Å²) in [5.74, 6) is -0.0807. The van der Waals surface area contributed by atoms with Gasteiger partial charge in [-0.3, -0.25) is 9.69 Å². The highest BCUT2D eigenvalue weighted by atomic mass is 35.5. The van der Waals surface area contributed by atoms with Crippen molar-refractivity contribution >= 4 is 80.8 Å². The molecule has 1 fully saturated rings. The van der Waals surface area contributed by atoms with Gasteiger partial charge in [-0.05, 0) is 66.6 Å². The van der Waals surface area contributed by atoms with Crippen LogP contribution in [0.15, 0.2) is 59.5 Å². The zero-order valence-corrected chi connectivity index (χ0v) is 22.1. The Morgan fingerprint density at radius 1 is 1.03 bits per heavy atom. The molecule has 0 unspecified atom stereocenters. The third kappa shape index (κ3) is 5.93. The summed E-state index contributed by atoms with van der Waals surface area (Å²) in [5.41, 5.74) is 1.94. The van der Waals surface area contributed by atoms with Gasteiger partial charge in [0.1, 0.15) is 12.4 Å². The van der Waals surface area contributed by atoms with Crippen LogP contribution in [0.4, 0.5) is 10.1 Å². The Labute approximate surface area is 226 Å². The molecule has 1 aliphatic rings. The van der Waals surface area contributed by atoms with Crippen molar-refractivity contribution in [3.8, 4) is 11.5 Å². The van der Waals surface area contributed by atoms with E-state index in [0.29, 0.717) is 48.6 Å². The minimum atomic E-state index is -0.576. The summed E-state index contributed by atoms with van der Waals surface area (Å²) < 4.78 is 25.6. The molecule has 0 aromatic heterocycles. The number of hydrogen-bond donors (Lipinski definition) is 0. The quantitative estimate of drug-likeness (QED) is 0.212. The average molecular weight is 569 g/mol. The highest BCUT2D eigenvalue weighted by Gasteiger charge is 2.33. The predicted octanol–water partition coefficient (Wildman–Crippen LogP) is 8.17. The second-order valence-electron chi connectivity index (χ2n) is 7.29. The van der Waals surface area contributed by atoms with Crippen molar-refractivity contribution in [1.29, 1.82) is 0 Å². The van der Waals surface area contributed by atoms with Gasteiger partial charge in [0.15, 0.2) is 15.8 Å². The molecule has 0 spiro atoms. The van der Waals surface area contributed by atoms with E-state index >= 15 is 0 Å². The van der Waals surface area contributed by atoms with Gasteiger partial charge in [0.25, 0.3) is 5.91 Å². The number of thiocarbonyl (C=S) groups is 1. The number of nitrogens with zero attached hydrogens (tertiary/aromatic N) is 1. The first-order valence-corrected chi connectivity index (χ1v) is 12.7. The first-order chi connectivity index (χ1) is 16.8. The Bertz CT molecular complexity index is 1330. The van der Waals surface area contributed by atoms with Gasteiger partial charge in [-0.25, -0.2) is 4.39 Å². The number of anilines is 1. The Kier molecular flexibility index (Phi) is 8.24. The molecule has 4 nitrogen and oxygen atoms in total. The molecule has 0 atom stereocenters. The van der Waals surface area contributed by atoms with Crippen molar-refractivity contribution in [3.63, 3.8) is 0 Å². The Hall–Kier alpha value is -2.29. The maximum Gasteiger partial charge on any atom is 0.270 e. The predicted molar refractivity (Wildman–Crippen MR) is 145 cm³/mol. The number of ether oxygens (including phenoxy) is 2. The molecule has 1 saturated heterocycles. The lowest BCUT2D eigenvalue weighted by atomic mass is 10.1. The number of halogens is 4. The number of benzene rings is 3. The number of hydrogen-bond acceptors (Lipinski definition) is 5. The summed E-state index contributed by atoms with van der Waals surface area (Å²) in [5, 5.41) is 0.874. The molecular formula is C25H17Cl3FNO3S2. The maximum absolute atomic E-state index is 13.6. The number of rotatable bonds is 7. The third-order valence-electron chi connectivity index (χ3n) is 4.88. The fourth-order valence-corrected chi connectivity index (χ4v) is 5.15. The molecule has 35 heavy (non-hydrogen) atoms. The molecule has 0 bridgehead atoms. The molecule has 0 radical (unpaired) electrons. The van der Waals surface area contributed by atoms with Crippen LogP contribution in [0.3, 0.4) is 0 Å². The largest absolute Gasteiger partial charge is 0.490 e. The molecule has 4 rings (SSSR count). The molecule has 0 saturated carbocycles. The van der Waals surface area contributed by atoms with E-state index in [4.69, 9.17) is 56.5 Å². The molecule has 0 aliphatic carbocycles. The van der Waals surface area contributed by atoms with E-state index < -0.39 is 5.82 Å². The van der Waals surface area contributed by atoms with Gasteiger partial charge in [0.2, 0.25) is 0 Å². The van der Waals surface area contributed by atoms with E-state index in [-0.39, 0.29) is 17.5 Å². The van der Waals surface area contributed by atoms with Crippen LogP contribution < -0.4 is 14.4 Å². The van der Waals surface area contributed by atoms with Crippen molar-refractivity contribution < 1.29 is 18.7 Å². The van der Waals surface area contributed by atoms with E-state index in [2.05, 4.69) is 0 Å². The van der Waals surface area contributed by atoms with Crippen LogP contribution in [0.1, 0.15) is 18.1 Å². The fraction of sp³-hybridized carbons (Fsp3) is 0.120. The van der Waals surface area contributed by atoms with Gasteiger partial charge >= 0.3 is 0 Å². The summed E-state index contributed by atoms with van der Waals surface area (Å²) in [6, 6.07) is 14.7. The molecule has 0 N–H and O–H groups in total. The lowest BCUT2D eigenvalue weighted by molar-refractivity contribution is -0.113. The Morgan fingerprint density at radius 2 is 1.77 bits per heavy atom. The van der Waals surface area contributed by atoms with E-state index in [1.165, 1.54) is 23.1 Å². The highest BCUT2D eigenvalue weighted by Crippen LogP contribution is 2.41. The van der Waals surface area contributed by atoms with Crippen molar-refractivity contribution in [1.82, 2.24) is 0 Å². The number of amides is 1. The van der Waals surface area contributed by atoms with Gasteiger partial charge in [-0.1, -0.05) is 70.9 Å². The van der Waals surface area contributed by atoms with E-state index in [1.54, 1.807) is 30.3 Å². The van der Waals surface area contributed by atoms with Crippen LogP contribution in [0.5, 0.6) is 11.5 Å². The average Bonchev–Trinajstić information content (AvgIpc) is 3.09. The SMILES string of the molecule is CCOc1cc(/C=C2/SC(=S)N(c3ccc(F)c(Cl)c3)C2=O)cc(Cl)c1OCc1ccc(Cl)cc1. The lowest BCUT2D eigenvalue weighted by Crippen LogP contribution is -2.27. The zero-order valence-electron chi connectivity index (χ0n) is 18.2. The van der Waals surface area contributed by atoms with Crippen molar-refractivity contribution in [2.45, 2.75) is 13.5 Å². The molecular weight excluding hydrogens is 552 g/mol. The second-order valence-corrected chi connectivity index (χ2v) is 10.2. The number of thioether (sulfide) groups is 1. The van der Waals surface area contributed by atoms with Crippen LogP contribution >= 0.6 is 58.8 Å². The summed E-state index contributed by atoms with van der Waals surface area (Å²) in [6.45, 7) is 2.52. The maximum atomic E-state index is 13.6. The zero-order chi connectivity index (χ0) is 25.1. The Morgan fingerprint density at radius 3 is 2.46 bits per heavy atom. The standard InChI is InChI=1S/C25H17Cl3FNO3S2/c1-2-32-21-10-15(9-19(28)23(21)33-13-14-3-5-16(26)6-4-14)11-22-24(31)30(25(34)35-22)17-7-8-20(29)18(27)12-17/h3-12H,2,13H2,1H3/b22-11+. The van der Waals surface area contributed by atoms with Gasteiger partial charge in [-0.15, -0.1) is 0 Å². The molecule has 10 heteroatoms. The normalized spacial score (nSPS) is 14.7. The molecule has 3 aromatic rings. The smallest absolute Gasteiger partial charge is 0.270 e. The van der Waals surface area contributed by atoms with Gasteiger partial charge in [0, 0.05) is 5.02 Å². The molecule has 1 aliphatic heterocycles. The highest BCUT2D eigenvalue weighted by molar-refractivity contribution is 8.27. The molecule has 3 aromatic carbocycles. The van der Waals surface area contributed by atoms with Crippen LogP contribution in [-0.4, -0.2) is 16.8 Å². The minimum absolute atomic E-state index is 0.0946. The van der Waals surface area contributed by atoms with Crippen molar-refractivity contribution in [2.75, 3.05) is 11.5 Å². The van der Waals surface area contributed by atoms with Crippen LogP contribution in [0.25, 0.3) is 6.08 Å². The van der Waals surface area contributed by atoms with Crippen LogP contribution in [0.2, 0.25) is 15.1 Å². The lowest BCUT2D eigenvalue weighted by Gasteiger charge is -2.15. The van der Waals surface area contributed by atoms with E-state index in [9.17, 15) is 9.18 Å². The summed E-state index contributed by atoms with van der Waals surface area (Å²) in [7, 11) is 0. The summed E-state index contributed by atoms with van der Waals surface area (Å²) in [4.78, 5) is 14.8. The second kappa shape index (κ2) is 11.2. The Balaban J connectivity index is 1.60. The third-order valence-corrected chi connectivity index (χ3v) is 7.01. The van der Waals surface area contributed by atoms with Crippen LogP contribution in [0, 0.1) is 5.82 Å². The molecule has 180 valence electrons. The first-order valence-electron chi connectivity index (χ1n) is 10.3.